The fourth-order valence-corrected chi connectivity index (χ4v) is 7.09. The summed E-state index contributed by atoms with van der Waals surface area (Å²) in [6.45, 7) is 6.18. The normalized spacial score (nSPS) is 14.8. The molecule has 1 atom stereocenters. The van der Waals surface area contributed by atoms with Gasteiger partial charge in [-0.25, -0.2) is 4.57 Å². The third-order valence-corrected chi connectivity index (χ3v) is 8.62. The smallest absolute Gasteiger partial charge is 0.496 e. The maximum atomic E-state index is 14.6. The number of hydrogen-bond donors (Lipinski definition) is 1. The van der Waals surface area contributed by atoms with Gasteiger partial charge in [-0.1, -0.05) is 92.2 Å². The molecule has 0 spiro atoms. The number of aryl methyl sites for hydroxylation is 1. The Bertz CT molecular complexity index is 1640. The second kappa shape index (κ2) is 9.50. The third kappa shape index (κ3) is 4.22. The molecule has 1 heterocycles. The molecule has 0 saturated heterocycles. The maximum Gasteiger partial charge on any atom is 0.513 e. The summed E-state index contributed by atoms with van der Waals surface area (Å²) in [7, 11) is -2.26. The van der Waals surface area contributed by atoms with Crippen LogP contribution in [0.3, 0.4) is 0 Å². The Balaban J connectivity index is 1.56. The fraction of sp³-hybridized carbons (Fsp3) is 0.188. The van der Waals surface area contributed by atoms with E-state index in [1.165, 1.54) is 0 Å². The standard InChI is InChI=1S/C32H30NO4P/c1-20(2)32(26-19-21(3)13-16-27(26)35-4)33-38(34)36-28-17-14-22-9-5-7-11-24(22)30(28)31-25-12-8-6-10-23(25)15-18-29(31)37-38/h5-20,32H,1-4H3,(H,33,34)/t32-/m0/s1. The molecule has 192 valence electrons. The number of methoxy groups -OCH3 is 1. The summed E-state index contributed by atoms with van der Waals surface area (Å²) in [5.74, 6) is 1.84. The lowest BCUT2D eigenvalue weighted by molar-refractivity contribution is 0.341. The van der Waals surface area contributed by atoms with Crippen molar-refractivity contribution in [1.29, 1.82) is 0 Å². The van der Waals surface area contributed by atoms with Gasteiger partial charge < -0.3 is 13.8 Å². The first-order valence-corrected chi connectivity index (χ1v) is 14.4. The predicted octanol–water partition coefficient (Wildman–Crippen LogP) is 8.84. The first-order valence-electron chi connectivity index (χ1n) is 12.8. The number of nitrogens with one attached hydrogen (secondary N) is 1. The molecule has 0 aliphatic carbocycles. The SMILES string of the molecule is COc1ccc(C)cc1[C@@H](NP1(=O)Oc2ccc3ccccc3c2-c2c(ccc3ccccc23)O1)C(C)C. The Labute approximate surface area is 223 Å². The minimum atomic E-state index is -3.90. The van der Waals surface area contributed by atoms with Crippen molar-refractivity contribution >= 4 is 29.3 Å². The minimum Gasteiger partial charge on any atom is -0.496 e. The molecular weight excluding hydrogens is 493 g/mol. The lowest BCUT2D eigenvalue weighted by atomic mass is 9.92. The average Bonchev–Trinajstić information content (AvgIpc) is 3.05. The Hall–Kier alpha value is -3.79. The zero-order chi connectivity index (χ0) is 26.4. The highest BCUT2D eigenvalue weighted by Gasteiger charge is 2.39. The molecule has 0 unspecified atom stereocenters. The molecule has 38 heavy (non-hydrogen) atoms. The molecule has 5 nitrogen and oxygen atoms in total. The molecule has 0 bridgehead atoms. The molecule has 1 aliphatic heterocycles. The molecular formula is C32H30NO4P. The van der Waals surface area contributed by atoms with Gasteiger partial charge in [0.1, 0.15) is 17.2 Å². The summed E-state index contributed by atoms with van der Waals surface area (Å²) in [4.78, 5) is 0. The fourth-order valence-electron chi connectivity index (χ4n) is 5.35. The van der Waals surface area contributed by atoms with Crippen LogP contribution in [0, 0.1) is 12.8 Å². The van der Waals surface area contributed by atoms with Crippen LogP contribution in [-0.4, -0.2) is 7.11 Å². The van der Waals surface area contributed by atoms with Gasteiger partial charge in [0.25, 0.3) is 0 Å². The van der Waals surface area contributed by atoms with E-state index >= 15 is 0 Å². The number of rotatable bonds is 5. The molecule has 0 radical (unpaired) electrons. The Morgan fingerprint density at radius 3 is 1.84 bits per heavy atom. The van der Waals surface area contributed by atoms with Gasteiger partial charge in [-0.05, 0) is 52.6 Å². The molecule has 1 aliphatic rings. The first kappa shape index (κ1) is 24.5. The second-order valence-electron chi connectivity index (χ2n) is 10.1. The van der Waals surface area contributed by atoms with Crippen molar-refractivity contribution in [3.05, 3.63) is 102 Å². The predicted molar refractivity (Wildman–Crippen MR) is 154 cm³/mol. The van der Waals surface area contributed by atoms with Gasteiger partial charge in [-0.15, -0.1) is 0 Å². The summed E-state index contributed by atoms with van der Waals surface area (Å²) in [5.41, 5.74) is 3.75. The summed E-state index contributed by atoms with van der Waals surface area (Å²) < 4.78 is 33.0. The van der Waals surface area contributed by atoms with Gasteiger partial charge in [0.15, 0.2) is 0 Å². The molecule has 1 N–H and O–H groups in total. The number of benzene rings is 5. The van der Waals surface area contributed by atoms with Gasteiger partial charge in [-0.3, -0.25) is 0 Å². The molecule has 0 aromatic heterocycles. The number of ether oxygens (including phenoxy) is 1. The van der Waals surface area contributed by atoms with E-state index in [4.69, 9.17) is 13.8 Å². The van der Waals surface area contributed by atoms with Crippen LogP contribution >= 0.6 is 7.75 Å². The van der Waals surface area contributed by atoms with Gasteiger partial charge in [0.2, 0.25) is 0 Å². The van der Waals surface area contributed by atoms with E-state index in [9.17, 15) is 4.57 Å². The van der Waals surface area contributed by atoms with Crippen molar-refractivity contribution in [2.45, 2.75) is 26.8 Å². The van der Waals surface area contributed by atoms with Crippen LogP contribution in [0.1, 0.15) is 31.0 Å². The Morgan fingerprint density at radius 2 is 1.32 bits per heavy atom. The Kier molecular flexibility index (Phi) is 6.14. The van der Waals surface area contributed by atoms with Crippen molar-refractivity contribution in [1.82, 2.24) is 5.09 Å². The van der Waals surface area contributed by atoms with Gasteiger partial charge in [-0.2, -0.15) is 5.09 Å². The molecule has 5 aromatic rings. The average molecular weight is 524 g/mol. The van der Waals surface area contributed by atoms with E-state index < -0.39 is 7.75 Å². The molecule has 5 aromatic carbocycles. The minimum absolute atomic E-state index is 0.0686. The zero-order valence-corrected chi connectivity index (χ0v) is 22.8. The van der Waals surface area contributed by atoms with E-state index in [0.717, 1.165) is 49.5 Å². The van der Waals surface area contributed by atoms with Crippen LogP contribution in [0.4, 0.5) is 0 Å². The van der Waals surface area contributed by atoms with Crippen molar-refractivity contribution in [2.24, 2.45) is 5.92 Å². The van der Waals surface area contributed by atoms with Crippen LogP contribution in [0.2, 0.25) is 0 Å². The van der Waals surface area contributed by atoms with Gasteiger partial charge >= 0.3 is 7.75 Å². The van der Waals surface area contributed by atoms with Crippen LogP contribution in [-0.2, 0) is 4.57 Å². The Morgan fingerprint density at radius 1 is 0.763 bits per heavy atom. The van der Waals surface area contributed by atoms with Gasteiger partial charge in [0.05, 0.1) is 13.2 Å². The molecule has 0 saturated carbocycles. The van der Waals surface area contributed by atoms with Crippen LogP contribution in [0.5, 0.6) is 17.2 Å². The monoisotopic (exact) mass is 523 g/mol. The lowest BCUT2D eigenvalue weighted by Gasteiger charge is -2.28. The maximum absolute atomic E-state index is 14.6. The van der Waals surface area contributed by atoms with Gasteiger partial charge in [0, 0.05) is 16.7 Å². The number of hydrogen-bond acceptors (Lipinski definition) is 4. The van der Waals surface area contributed by atoms with E-state index in [1.807, 2.05) is 67.6 Å². The van der Waals surface area contributed by atoms with Crippen molar-refractivity contribution in [2.75, 3.05) is 7.11 Å². The largest absolute Gasteiger partial charge is 0.513 e. The lowest BCUT2D eigenvalue weighted by Crippen LogP contribution is -2.27. The first-order chi connectivity index (χ1) is 18.4. The van der Waals surface area contributed by atoms with E-state index in [0.29, 0.717) is 11.5 Å². The zero-order valence-electron chi connectivity index (χ0n) is 21.9. The van der Waals surface area contributed by atoms with Crippen molar-refractivity contribution in [3.63, 3.8) is 0 Å². The second-order valence-corrected chi connectivity index (χ2v) is 11.7. The van der Waals surface area contributed by atoms with Crippen molar-refractivity contribution in [3.8, 4) is 28.4 Å². The highest BCUT2D eigenvalue weighted by atomic mass is 31.2. The molecule has 0 amide bonds. The number of fused-ring (bicyclic) bond motifs is 7. The van der Waals surface area contributed by atoms with E-state index in [2.05, 4.69) is 49.3 Å². The topological polar surface area (TPSA) is 56.8 Å². The summed E-state index contributed by atoms with van der Waals surface area (Å²) in [5, 5.41) is 7.47. The third-order valence-electron chi connectivity index (χ3n) is 7.15. The summed E-state index contributed by atoms with van der Waals surface area (Å²) in [6, 6.07) is 29.8. The van der Waals surface area contributed by atoms with E-state index in [1.54, 1.807) is 7.11 Å². The summed E-state index contributed by atoms with van der Waals surface area (Å²) >= 11 is 0. The quantitative estimate of drug-likeness (QED) is 0.233. The summed E-state index contributed by atoms with van der Waals surface area (Å²) in [6.07, 6.45) is 0. The van der Waals surface area contributed by atoms with Crippen molar-refractivity contribution < 1.29 is 18.3 Å². The van der Waals surface area contributed by atoms with Crippen LogP contribution in [0.15, 0.2) is 91.0 Å². The van der Waals surface area contributed by atoms with E-state index in [-0.39, 0.29) is 12.0 Å². The van der Waals surface area contributed by atoms with Crippen LogP contribution < -0.4 is 18.9 Å². The highest BCUT2D eigenvalue weighted by molar-refractivity contribution is 7.52. The molecule has 6 rings (SSSR count). The highest BCUT2D eigenvalue weighted by Crippen LogP contribution is 2.58. The molecule has 6 heteroatoms. The molecule has 0 fully saturated rings. The van der Waals surface area contributed by atoms with Crippen LogP contribution in [0.25, 0.3) is 32.7 Å².